The fourth-order valence-corrected chi connectivity index (χ4v) is 2.91. The van der Waals surface area contributed by atoms with E-state index >= 15 is 0 Å². The number of benzene rings is 2. The molecule has 1 aliphatic rings. The lowest BCUT2D eigenvalue weighted by Gasteiger charge is -2.29. The topological polar surface area (TPSA) is 72.6 Å². The summed E-state index contributed by atoms with van der Waals surface area (Å²) in [5.41, 5.74) is 8.70. The molecule has 0 aliphatic carbocycles. The molecule has 0 fully saturated rings. The van der Waals surface area contributed by atoms with E-state index in [0.29, 0.717) is 17.8 Å². The Labute approximate surface area is 141 Å². The number of rotatable bonds is 4. The first-order valence-corrected chi connectivity index (χ1v) is 8.06. The summed E-state index contributed by atoms with van der Waals surface area (Å²) in [6.07, 6.45) is 2.11. The van der Waals surface area contributed by atoms with E-state index in [2.05, 4.69) is 6.07 Å². The second-order valence-corrected chi connectivity index (χ2v) is 5.79. The molecule has 0 aromatic heterocycles. The van der Waals surface area contributed by atoms with Gasteiger partial charge in [-0.2, -0.15) is 0 Å². The maximum absolute atomic E-state index is 12.4. The van der Waals surface area contributed by atoms with Crippen LogP contribution in [0.2, 0.25) is 0 Å². The molecule has 1 heterocycles. The molecule has 3 rings (SSSR count). The van der Waals surface area contributed by atoms with Gasteiger partial charge in [0.15, 0.2) is 0 Å². The molecule has 5 heteroatoms. The Bertz CT molecular complexity index is 758. The van der Waals surface area contributed by atoms with Gasteiger partial charge in [-0.25, -0.2) is 4.79 Å². The Morgan fingerprint density at radius 2 is 1.96 bits per heavy atom. The molecule has 2 aromatic carbocycles. The molecule has 24 heavy (non-hydrogen) atoms. The molecule has 1 aliphatic heterocycles. The zero-order chi connectivity index (χ0) is 16.9. The number of fused-ring (bicyclic) bond motifs is 1. The fourth-order valence-electron chi connectivity index (χ4n) is 2.91. The second kappa shape index (κ2) is 7.17. The number of esters is 1. The predicted molar refractivity (Wildman–Crippen MR) is 92.9 cm³/mol. The van der Waals surface area contributed by atoms with E-state index in [1.54, 1.807) is 29.2 Å². The van der Waals surface area contributed by atoms with Gasteiger partial charge in [0.1, 0.15) is 6.61 Å². The van der Waals surface area contributed by atoms with Crippen molar-refractivity contribution < 1.29 is 14.3 Å². The third-order valence-corrected chi connectivity index (χ3v) is 4.08. The summed E-state index contributed by atoms with van der Waals surface area (Å²) >= 11 is 0. The zero-order valence-corrected chi connectivity index (χ0v) is 13.4. The van der Waals surface area contributed by atoms with Gasteiger partial charge in [0, 0.05) is 17.9 Å². The first-order chi connectivity index (χ1) is 11.6. The minimum Gasteiger partial charge on any atom is -0.462 e. The zero-order valence-electron chi connectivity index (χ0n) is 13.4. The van der Waals surface area contributed by atoms with Crippen LogP contribution in [0.5, 0.6) is 0 Å². The molecule has 0 spiro atoms. The molecule has 5 nitrogen and oxygen atoms in total. The Balaban J connectivity index is 1.56. The standard InChI is InChI=1S/C19H20N2O3/c20-16-8-3-6-15(13-16)19(23)24-12-10-18(22)21-11-4-7-14-5-1-2-9-17(14)21/h1-3,5-6,8-9,13H,4,7,10-12,20H2. The molecule has 0 bridgehead atoms. The number of para-hydroxylation sites is 1. The Morgan fingerprint density at radius 1 is 1.12 bits per heavy atom. The quantitative estimate of drug-likeness (QED) is 0.693. The van der Waals surface area contributed by atoms with Crippen LogP contribution in [0, 0.1) is 0 Å². The molecule has 0 saturated carbocycles. The van der Waals surface area contributed by atoms with Gasteiger partial charge in [-0.3, -0.25) is 4.79 Å². The summed E-state index contributed by atoms with van der Waals surface area (Å²) in [5.74, 6) is -0.489. The lowest BCUT2D eigenvalue weighted by molar-refractivity contribution is -0.119. The third-order valence-electron chi connectivity index (χ3n) is 4.08. The van der Waals surface area contributed by atoms with Gasteiger partial charge in [0.05, 0.1) is 12.0 Å². The molecule has 2 N–H and O–H groups in total. The normalized spacial score (nSPS) is 13.2. The highest BCUT2D eigenvalue weighted by molar-refractivity contribution is 5.95. The van der Waals surface area contributed by atoms with Gasteiger partial charge in [-0.15, -0.1) is 0 Å². The Morgan fingerprint density at radius 3 is 2.79 bits per heavy atom. The largest absolute Gasteiger partial charge is 0.462 e. The van der Waals surface area contributed by atoms with Crippen molar-refractivity contribution in [3.05, 3.63) is 59.7 Å². The summed E-state index contributed by atoms with van der Waals surface area (Å²) in [5, 5.41) is 0. The second-order valence-electron chi connectivity index (χ2n) is 5.79. The minimum absolute atomic E-state index is 0.0254. The maximum Gasteiger partial charge on any atom is 0.338 e. The first kappa shape index (κ1) is 16.1. The maximum atomic E-state index is 12.4. The van der Waals surface area contributed by atoms with Gasteiger partial charge in [-0.05, 0) is 42.7 Å². The molecular formula is C19H20N2O3. The van der Waals surface area contributed by atoms with Gasteiger partial charge < -0.3 is 15.4 Å². The Kier molecular flexibility index (Phi) is 4.79. The monoisotopic (exact) mass is 324 g/mol. The average molecular weight is 324 g/mol. The van der Waals surface area contributed by atoms with Gasteiger partial charge in [0.2, 0.25) is 5.91 Å². The van der Waals surface area contributed by atoms with Gasteiger partial charge in [0.25, 0.3) is 0 Å². The van der Waals surface area contributed by atoms with Crippen LogP contribution in [0.1, 0.15) is 28.8 Å². The van der Waals surface area contributed by atoms with Crippen LogP contribution in [-0.2, 0) is 16.0 Å². The molecule has 124 valence electrons. The molecule has 0 atom stereocenters. The van der Waals surface area contributed by atoms with E-state index < -0.39 is 5.97 Å². The lowest BCUT2D eigenvalue weighted by Crippen LogP contribution is -2.36. The van der Waals surface area contributed by atoms with Gasteiger partial charge in [-0.1, -0.05) is 24.3 Å². The van der Waals surface area contributed by atoms with Crippen LogP contribution >= 0.6 is 0 Å². The number of hydrogen-bond donors (Lipinski definition) is 1. The smallest absolute Gasteiger partial charge is 0.338 e. The number of nitrogens with two attached hydrogens (primary N) is 1. The van der Waals surface area contributed by atoms with Crippen molar-refractivity contribution in [2.45, 2.75) is 19.3 Å². The average Bonchev–Trinajstić information content (AvgIpc) is 2.61. The summed E-state index contributed by atoms with van der Waals surface area (Å²) in [6.45, 7) is 0.768. The molecule has 1 amide bonds. The first-order valence-electron chi connectivity index (χ1n) is 8.06. The number of nitrogens with zero attached hydrogens (tertiary/aromatic N) is 1. The highest BCUT2D eigenvalue weighted by Crippen LogP contribution is 2.27. The van der Waals surface area contributed by atoms with Crippen LogP contribution in [0.4, 0.5) is 11.4 Å². The summed E-state index contributed by atoms with van der Waals surface area (Å²) in [7, 11) is 0. The SMILES string of the molecule is Nc1cccc(C(=O)OCCC(=O)N2CCCc3ccccc32)c1. The van der Waals surface area contributed by atoms with E-state index in [1.807, 2.05) is 18.2 Å². The van der Waals surface area contributed by atoms with Crippen molar-refractivity contribution in [2.24, 2.45) is 0 Å². The van der Waals surface area contributed by atoms with Crippen molar-refractivity contribution in [1.29, 1.82) is 0 Å². The van der Waals surface area contributed by atoms with E-state index in [-0.39, 0.29) is 18.9 Å². The number of nitrogen functional groups attached to an aromatic ring is 1. The van der Waals surface area contributed by atoms with Crippen LogP contribution < -0.4 is 10.6 Å². The fraction of sp³-hybridized carbons (Fsp3) is 0.263. The highest BCUT2D eigenvalue weighted by atomic mass is 16.5. The van der Waals surface area contributed by atoms with Crippen LogP contribution in [-0.4, -0.2) is 25.0 Å². The number of carbonyl (C=O) groups is 2. The number of amides is 1. The minimum atomic E-state index is -0.464. The number of carbonyl (C=O) groups excluding carboxylic acids is 2. The number of anilines is 2. The molecule has 2 aromatic rings. The van der Waals surface area contributed by atoms with Crippen LogP contribution in [0.3, 0.4) is 0 Å². The van der Waals surface area contributed by atoms with Crippen molar-refractivity contribution >= 4 is 23.3 Å². The molecule has 0 radical (unpaired) electrons. The predicted octanol–water partition coefficient (Wildman–Crippen LogP) is 2.80. The van der Waals surface area contributed by atoms with E-state index in [1.165, 1.54) is 5.56 Å². The van der Waals surface area contributed by atoms with Crippen molar-refractivity contribution in [3.8, 4) is 0 Å². The number of aryl methyl sites for hydroxylation is 1. The lowest BCUT2D eigenvalue weighted by atomic mass is 10.0. The van der Waals surface area contributed by atoms with Gasteiger partial charge >= 0.3 is 5.97 Å². The third kappa shape index (κ3) is 3.56. The van der Waals surface area contributed by atoms with E-state index in [0.717, 1.165) is 18.5 Å². The summed E-state index contributed by atoms with van der Waals surface area (Å²) < 4.78 is 5.19. The highest BCUT2D eigenvalue weighted by Gasteiger charge is 2.22. The van der Waals surface area contributed by atoms with E-state index in [9.17, 15) is 9.59 Å². The van der Waals surface area contributed by atoms with Crippen LogP contribution in [0.15, 0.2) is 48.5 Å². The van der Waals surface area contributed by atoms with E-state index in [4.69, 9.17) is 10.5 Å². The summed E-state index contributed by atoms with van der Waals surface area (Å²) in [6, 6.07) is 14.5. The molecular weight excluding hydrogens is 304 g/mol. The Hall–Kier alpha value is -2.82. The van der Waals surface area contributed by atoms with Crippen molar-refractivity contribution in [1.82, 2.24) is 0 Å². The molecule has 0 saturated heterocycles. The van der Waals surface area contributed by atoms with Crippen LogP contribution in [0.25, 0.3) is 0 Å². The van der Waals surface area contributed by atoms with Crippen molar-refractivity contribution in [2.75, 3.05) is 23.8 Å². The number of ether oxygens (including phenoxy) is 1. The number of hydrogen-bond acceptors (Lipinski definition) is 4. The molecule has 0 unspecified atom stereocenters. The summed E-state index contributed by atoms with van der Waals surface area (Å²) in [4.78, 5) is 26.2. The van der Waals surface area contributed by atoms with Crippen molar-refractivity contribution in [3.63, 3.8) is 0 Å².